The maximum Gasteiger partial charge on any atom is 0.249 e. The SMILES string of the molecule is CNC1COC2(O)C(OCC(O)C(NC)C1O)OC(C)CC2(O)CNCCc1cnccn1. The van der Waals surface area contributed by atoms with E-state index in [1.54, 1.807) is 39.6 Å². The quantitative estimate of drug-likeness (QED) is 0.203. The number of aromatic nitrogens is 2. The Morgan fingerprint density at radius 1 is 1.15 bits per heavy atom. The van der Waals surface area contributed by atoms with Crippen molar-refractivity contribution in [2.75, 3.05) is 40.4 Å². The fourth-order valence-electron chi connectivity index (χ4n) is 4.42. The van der Waals surface area contributed by atoms with Crippen LogP contribution in [0.4, 0.5) is 0 Å². The molecular formula is C21H37N5O7. The van der Waals surface area contributed by atoms with E-state index in [-0.39, 0.29) is 26.2 Å². The summed E-state index contributed by atoms with van der Waals surface area (Å²) in [5.74, 6) is -2.25. The van der Waals surface area contributed by atoms with Crippen molar-refractivity contribution in [2.24, 2.45) is 0 Å². The van der Waals surface area contributed by atoms with E-state index in [0.717, 1.165) is 5.69 Å². The third kappa shape index (κ3) is 5.85. The minimum Gasteiger partial charge on any atom is -0.390 e. The van der Waals surface area contributed by atoms with Crippen LogP contribution < -0.4 is 16.0 Å². The number of nitrogens with zero attached hydrogens (tertiary/aromatic N) is 2. The first-order valence-corrected chi connectivity index (χ1v) is 11.3. The monoisotopic (exact) mass is 471 g/mol. The van der Waals surface area contributed by atoms with Crippen LogP contribution in [-0.4, -0.2) is 119 Å². The van der Waals surface area contributed by atoms with Crippen molar-refractivity contribution in [2.45, 2.75) is 67.8 Å². The Morgan fingerprint density at radius 3 is 2.61 bits per heavy atom. The molecule has 12 heteroatoms. The number of aliphatic hydroxyl groups is 4. The summed E-state index contributed by atoms with van der Waals surface area (Å²) in [6, 6.07) is -1.35. The molecule has 12 nitrogen and oxygen atoms in total. The Balaban J connectivity index is 1.77. The summed E-state index contributed by atoms with van der Waals surface area (Å²) in [4.78, 5) is 8.25. The molecule has 0 aliphatic carbocycles. The van der Waals surface area contributed by atoms with Gasteiger partial charge in [-0.1, -0.05) is 0 Å². The lowest BCUT2D eigenvalue weighted by Gasteiger charge is -2.52. The predicted octanol–water partition coefficient (Wildman–Crippen LogP) is -2.89. The molecule has 7 N–H and O–H groups in total. The van der Waals surface area contributed by atoms with Crippen LogP contribution in [0.5, 0.6) is 0 Å². The summed E-state index contributed by atoms with van der Waals surface area (Å²) in [5, 5.41) is 53.5. The summed E-state index contributed by atoms with van der Waals surface area (Å²) >= 11 is 0. The Hall–Kier alpha value is -1.32. The molecule has 0 spiro atoms. The Kier molecular flexibility index (Phi) is 9.08. The molecule has 33 heavy (non-hydrogen) atoms. The minimum absolute atomic E-state index is 0.00814. The lowest BCUT2D eigenvalue weighted by molar-refractivity contribution is -0.426. The van der Waals surface area contributed by atoms with E-state index in [1.165, 1.54) is 0 Å². The first-order chi connectivity index (χ1) is 15.7. The fraction of sp³-hybridized carbons (Fsp3) is 0.810. The molecule has 2 aliphatic heterocycles. The van der Waals surface area contributed by atoms with Crippen molar-refractivity contribution in [1.29, 1.82) is 0 Å². The highest BCUT2D eigenvalue weighted by Gasteiger charge is 2.62. The van der Waals surface area contributed by atoms with Gasteiger partial charge in [-0.25, -0.2) is 0 Å². The molecule has 2 saturated heterocycles. The number of rotatable bonds is 7. The normalized spacial score (nSPS) is 40.2. The van der Waals surface area contributed by atoms with Crippen molar-refractivity contribution >= 4 is 0 Å². The van der Waals surface area contributed by atoms with E-state index in [0.29, 0.717) is 13.0 Å². The van der Waals surface area contributed by atoms with Gasteiger partial charge >= 0.3 is 0 Å². The van der Waals surface area contributed by atoms with Gasteiger partial charge in [-0.05, 0) is 21.0 Å². The number of nitrogens with one attached hydrogen (secondary N) is 3. The second kappa shape index (κ2) is 11.4. The third-order valence-electron chi connectivity index (χ3n) is 6.36. The predicted molar refractivity (Wildman–Crippen MR) is 117 cm³/mol. The van der Waals surface area contributed by atoms with Crippen molar-refractivity contribution in [3.63, 3.8) is 0 Å². The van der Waals surface area contributed by atoms with Crippen LogP contribution in [0.15, 0.2) is 18.6 Å². The molecule has 2 fully saturated rings. The summed E-state index contributed by atoms with van der Waals surface area (Å²) in [7, 11) is 3.26. The number of fused-ring (bicyclic) bond motifs is 1. The summed E-state index contributed by atoms with van der Waals surface area (Å²) in [5.41, 5.74) is -0.973. The number of ether oxygens (including phenoxy) is 3. The van der Waals surface area contributed by atoms with Crippen LogP contribution in [-0.2, 0) is 20.6 Å². The minimum atomic E-state index is -2.25. The lowest BCUT2D eigenvalue weighted by atomic mass is 9.83. The first-order valence-electron chi connectivity index (χ1n) is 11.3. The van der Waals surface area contributed by atoms with Gasteiger partial charge in [0.2, 0.25) is 12.1 Å². The third-order valence-corrected chi connectivity index (χ3v) is 6.36. The zero-order chi connectivity index (χ0) is 24.1. The number of hydrogen-bond acceptors (Lipinski definition) is 12. The van der Waals surface area contributed by atoms with Crippen LogP contribution in [0, 0.1) is 0 Å². The van der Waals surface area contributed by atoms with Crippen LogP contribution in [0.1, 0.15) is 19.0 Å². The van der Waals surface area contributed by atoms with Gasteiger partial charge in [0, 0.05) is 44.5 Å². The van der Waals surface area contributed by atoms with Crippen LogP contribution in [0.3, 0.4) is 0 Å². The average molecular weight is 472 g/mol. The molecule has 0 bridgehead atoms. The van der Waals surface area contributed by atoms with E-state index >= 15 is 0 Å². The molecule has 0 amide bonds. The highest BCUT2D eigenvalue weighted by molar-refractivity contribution is 5.04. The van der Waals surface area contributed by atoms with Gasteiger partial charge in [0.1, 0.15) is 5.60 Å². The first kappa shape index (κ1) is 26.3. The standard InChI is InChI=1S/C21H37N5O7/c1-13-8-20(29,12-25-5-4-14-9-24-6-7-26-14)21(30)19(33-13)31-11-16(27)17(23-3)18(28)15(22-2)10-32-21/h6-7,9,13,15-19,22-23,25,27-30H,4-5,8,10-12H2,1-3H3. The maximum atomic E-state index is 11.6. The molecule has 0 aromatic carbocycles. The van der Waals surface area contributed by atoms with Gasteiger partial charge in [-0.15, -0.1) is 0 Å². The molecule has 8 unspecified atom stereocenters. The molecule has 3 rings (SSSR count). The molecule has 1 aromatic heterocycles. The Bertz CT molecular complexity index is 734. The second-order valence-electron chi connectivity index (χ2n) is 8.75. The molecular weight excluding hydrogens is 434 g/mol. The molecule has 3 heterocycles. The molecule has 188 valence electrons. The van der Waals surface area contributed by atoms with Crippen molar-refractivity contribution in [3.8, 4) is 0 Å². The highest BCUT2D eigenvalue weighted by atomic mass is 16.8. The van der Waals surface area contributed by atoms with Gasteiger partial charge in [0.05, 0.1) is 49.3 Å². The van der Waals surface area contributed by atoms with Gasteiger partial charge in [0.25, 0.3) is 0 Å². The van der Waals surface area contributed by atoms with E-state index in [1.807, 2.05) is 0 Å². The molecule has 8 atom stereocenters. The summed E-state index contributed by atoms with van der Waals surface area (Å²) in [6.45, 7) is 1.82. The summed E-state index contributed by atoms with van der Waals surface area (Å²) in [6.07, 6.45) is 1.59. The van der Waals surface area contributed by atoms with Crippen LogP contribution in [0.2, 0.25) is 0 Å². The number of hydrogen-bond donors (Lipinski definition) is 7. The molecule has 0 saturated carbocycles. The highest BCUT2D eigenvalue weighted by Crippen LogP contribution is 2.40. The van der Waals surface area contributed by atoms with Gasteiger partial charge < -0.3 is 50.6 Å². The number of aliphatic hydroxyl groups excluding tert-OH is 2. The average Bonchev–Trinajstić information content (AvgIpc) is 2.79. The second-order valence-corrected chi connectivity index (χ2v) is 8.75. The largest absolute Gasteiger partial charge is 0.390 e. The van der Waals surface area contributed by atoms with Crippen LogP contribution in [0.25, 0.3) is 0 Å². The molecule has 2 aliphatic rings. The maximum absolute atomic E-state index is 11.6. The van der Waals surface area contributed by atoms with Crippen molar-refractivity contribution in [3.05, 3.63) is 24.3 Å². The van der Waals surface area contributed by atoms with Gasteiger partial charge in [-0.2, -0.15) is 0 Å². The van der Waals surface area contributed by atoms with Crippen LogP contribution >= 0.6 is 0 Å². The zero-order valence-corrected chi connectivity index (χ0v) is 19.3. The lowest BCUT2D eigenvalue weighted by Crippen LogP contribution is -2.73. The molecule has 1 aromatic rings. The van der Waals surface area contributed by atoms with Crippen molar-refractivity contribution in [1.82, 2.24) is 25.9 Å². The Morgan fingerprint density at radius 2 is 1.94 bits per heavy atom. The van der Waals surface area contributed by atoms with E-state index < -0.39 is 48.1 Å². The van der Waals surface area contributed by atoms with Crippen molar-refractivity contribution < 1.29 is 34.6 Å². The Labute approximate surface area is 193 Å². The number of likely N-dealkylation sites (N-methyl/N-ethyl adjacent to an activating group) is 2. The van der Waals surface area contributed by atoms with E-state index in [2.05, 4.69) is 25.9 Å². The van der Waals surface area contributed by atoms with Gasteiger partial charge in [0.15, 0.2) is 0 Å². The fourth-order valence-corrected chi connectivity index (χ4v) is 4.42. The topological polar surface area (TPSA) is 170 Å². The smallest absolute Gasteiger partial charge is 0.249 e. The molecule has 0 radical (unpaired) electrons. The summed E-state index contributed by atoms with van der Waals surface area (Å²) < 4.78 is 17.3. The van der Waals surface area contributed by atoms with E-state index in [9.17, 15) is 20.4 Å². The van der Waals surface area contributed by atoms with E-state index in [4.69, 9.17) is 14.2 Å². The van der Waals surface area contributed by atoms with Gasteiger partial charge in [-0.3, -0.25) is 9.97 Å². The zero-order valence-electron chi connectivity index (χ0n) is 19.3.